The lowest BCUT2D eigenvalue weighted by Gasteiger charge is -2.34. The summed E-state index contributed by atoms with van der Waals surface area (Å²) in [5.41, 5.74) is 1.12. The van der Waals surface area contributed by atoms with Crippen LogP contribution < -0.4 is 5.32 Å². The summed E-state index contributed by atoms with van der Waals surface area (Å²) in [4.78, 5) is 14.5. The lowest BCUT2D eigenvalue weighted by atomic mass is 10.1. The van der Waals surface area contributed by atoms with Crippen LogP contribution in [-0.4, -0.2) is 54.6 Å². The molecule has 1 N–H and O–H groups in total. The first-order chi connectivity index (χ1) is 10.7. The number of carbonyl (C=O) groups excluding carboxylic acids is 1. The van der Waals surface area contributed by atoms with Crippen LogP contribution in [0.2, 0.25) is 0 Å². The van der Waals surface area contributed by atoms with Crippen molar-refractivity contribution in [2.45, 2.75) is 18.6 Å². The number of benzene rings is 1. The van der Waals surface area contributed by atoms with E-state index in [0.29, 0.717) is 32.2 Å². The number of ether oxygens (including phenoxy) is 1. The van der Waals surface area contributed by atoms with Crippen molar-refractivity contribution in [1.29, 1.82) is 0 Å². The Hall–Kier alpha value is -0.270. The lowest BCUT2D eigenvalue weighted by molar-refractivity contribution is -0.139. The van der Waals surface area contributed by atoms with Crippen LogP contribution in [0.1, 0.15) is 18.1 Å². The minimum atomic E-state index is -0.0242. The lowest BCUT2D eigenvalue weighted by Crippen LogP contribution is -2.46. The van der Waals surface area contributed by atoms with Crippen molar-refractivity contribution in [3.05, 3.63) is 34.3 Å². The zero-order chi connectivity index (χ0) is 15.4. The molecule has 23 heavy (non-hydrogen) atoms. The monoisotopic (exact) mass is 420 g/mol. The molecule has 0 aromatic heterocycles. The summed E-state index contributed by atoms with van der Waals surface area (Å²) in [6.45, 7) is 2.96. The fourth-order valence-corrected chi connectivity index (χ4v) is 4.24. The Kier molecular flexibility index (Phi) is 7.69. The number of morpholine rings is 1. The van der Waals surface area contributed by atoms with Gasteiger partial charge in [-0.15, -0.1) is 12.4 Å². The van der Waals surface area contributed by atoms with Crippen LogP contribution in [-0.2, 0) is 9.53 Å². The molecule has 4 nitrogen and oxygen atoms in total. The number of hydrogen-bond acceptors (Lipinski definition) is 4. The molecule has 2 fully saturated rings. The summed E-state index contributed by atoms with van der Waals surface area (Å²) >= 11 is 5.42. The van der Waals surface area contributed by atoms with Gasteiger partial charge in [0.1, 0.15) is 6.10 Å². The van der Waals surface area contributed by atoms with Gasteiger partial charge in [0.25, 0.3) is 0 Å². The third-order valence-corrected chi connectivity index (χ3v) is 5.68. The SMILES string of the molecule is Cl.O=C(CC1CSCCN1)N1CCOC(c2cccc(Br)c2)C1. The van der Waals surface area contributed by atoms with Gasteiger partial charge in [-0.3, -0.25) is 4.79 Å². The molecule has 0 spiro atoms. The normalized spacial score (nSPS) is 24.8. The topological polar surface area (TPSA) is 41.6 Å². The summed E-state index contributed by atoms with van der Waals surface area (Å²) in [6, 6.07) is 8.45. The van der Waals surface area contributed by atoms with Crippen LogP contribution in [0.5, 0.6) is 0 Å². The van der Waals surface area contributed by atoms with Crippen LogP contribution >= 0.6 is 40.1 Å². The molecule has 7 heteroatoms. The number of hydrogen-bond donors (Lipinski definition) is 1. The van der Waals surface area contributed by atoms with E-state index in [1.165, 1.54) is 0 Å². The molecule has 3 rings (SSSR count). The molecule has 0 saturated carbocycles. The number of carbonyl (C=O) groups is 1. The third-order valence-electron chi connectivity index (χ3n) is 4.06. The Balaban J connectivity index is 0.00000192. The largest absolute Gasteiger partial charge is 0.370 e. The van der Waals surface area contributed by atoms with Gasteiger partial charge in [0.05, 0.1) is 13.2 Å². The number of thioether (sulfide) groups is 1. The summed E-state index contributed by atoms with van der Waals surface area (Å²) in [6.07, 6.45) is 0.571. The van der Waals surface area contributed by atoms with E-state index in [0.717, 1.165) is 28.1 Å². The molecule has 128 valence electrons. The van der Waals surface area contributed by atoms with Gasteiger partial charge in [0, 0.05) is 41.5 Å². The number of halogens is 2. The smallest absolute Gasteiger partial charge is 0.224 e. The van der Waals surface area contributed by atoms with E-state index < -0.39 is 0 Å². The molecule has 1 aromatic carbocycles. The van der Waals surface area contributed by atoms with E-state index in [9.17, 15) is 4.79 Å². The average molecular weight is 422 g/mol. The van der Waals surface area contributed by atoms with Crippen LogP contribution in [0.25, 0.3) is 0 Å². The first-order valence-electron chi connectivity index (χ1n) is 7.68. The van der Waals surface area contributed by atoms with Crippen molar-refractivity contribution in [3.8, 4) is 0 Å². The van der Waals surface area contributed by atoms with Gasteiger partial charge < -0.3 is 15.0 Å². The third kappa shape index (κ3) is 5.36. The molecular formula is C16H22BrClN2O2S. The zero-order valence-electron chi connectivity index (χ0n) is 12.9. The summed E-state index contributed by atoms with van der Waals surface area (Å²) in [5.74, 6) is 2.42. The van der Waals surface area contributed by atoms with Gasteiger partial charge in [-0.05, 0) is 17.7 Å². The first kappa shape index (κ1) is 19.1. The fraction of sp³-hybridized carbons (Fsp3) is 0.562. The summed E-state index contributed by atoms with van der Waals surface area (Å²) < 4.78 is 6.90. The van der Waals surface area contributed by atoms with E-state index >= 15 is 0 Å². The van der Waals surface area contributed by atoms with E-state index in [4.69, 9.17) is 4.74 Å². The molecule has 2 atom stereocenters. The van der Waals surface area contributed by atoms with Crippen molar-refractivity contribution in [1.82, 2.24) is 10.2 Å². The van der Waals surface area contributed by atoms with Crippen LogP contribution in [0, 0.1) is 0 Å². The van der Waals surface area contributed by atoms with Crippen LogP contribution in [0.3, 0.4) is 0 Å². The van der Waals surface area contributed by atoms with Gasteiger partial charge >= 0.3 is 0 Å². The predicted octanol–water partition coefficient (Wildman–Crippen LogP) is 2.87. The van der Waals surface area contributed by atoms with Gasteiger partial charge in [0.2, 0.25) is 5.91 Å². The Morgan fingerprint density at radius 2 is 2.35 bits per heavy atom. The van der Waals surface area contributed by atoms with E-state index in [-0.39, 0.29) is 24.4 Å². The van der Waals surface area contributed by atoms with Gasteiger partial charge in [-0.1, -0.05) is 28.1 Å². The van der Waals surface area contributed by atoms with Crippen molar-refractivity contribution in [2.75, 3.05) is 37.7 Å². The zero-order valence-corrected chi connectivity index (χ0v) is 16.1. The van der Waals surface area contributed by atoms with Crippen LogP contribution in [0.15, 0.2) is 28.7 Å². The second-order valence-corrected chi connectivity index (χ2v) is 7.75. The molecular weight excluding hydrogens is 400 g/mol. The van der Waals surface area contributed by atoms with Gasteiger partial charge in [-0.2, -0.15) is 11.8 Å². The molecule has 2 heterocycles. The quantitative estimate of drug-likeness (QED) is 0.815. The number of nitrogens with zero attached hydrogens (tertiary/aromatic N) is 1. The van der Waals surface area contributed by atoms with E-state index in [2.05, 4.69) is 33.4 Å². The highest BCUT2D eigenvalue weighted by atomic mass is 79.9. The molecule has 2 saturated heterocycles. The Bertz CT molecular complexity index is 529. The molecule has 0 bridgehead atoms. The highest BCUT2D eigenvalue weighted by Gasteiger charge is 2.27. The summed E-state index contributed by atoms with van der Waals surface area (Å²) in [7, 11) is 0. The standard InChI is InChI=1S/C16H21BrN2O2S.ClH/c17-13-3-1-2-12(8-13)15-10-19(5-6-21-15)16(20)9-14-11-22-7-4-18-14;/h1-3,8,14-15,18H,4-7,9-11H2;1H. The molecule has 2 unspecified atom stereocenters. The second kappa shape index (κ2) is 9.28. The fourth-order valence-electron chi connectivity index (χ4n) is 2.88. The molecule has 2 aliphatic rings. The minimum Gasteiger partial charge on any atom is -0.370 e. The molecule has 0 radical (unpaired) electrons. The van der Waals surface area contributed by atoms with E-state index in [1.54, 1.807) is 0 Å². The van der Waals surface area contributed by atoms with Crippen molar-refractivity contribution in [2.24, 2.45) is 0 Å². The number of rotatable bonds is 3. The van der Waals surface area contributed by atoms with Crippen LogP contribution in [0.4, 0.5) is 0 Å². The maximum Gasteiger partial charge on any atom is 0.224 e. The van der Waals surface area contributed by atoms with Crippen molar-refractivity contribution in [3.63, 3.8) is 0 Å². The molecule has 0 aliphatic carbocycles. The Morgan fingerprint density at radius 1 is 1.48 bits per heavy atom. The second-order valence-electron chi connectivity index (χ2n) is 5.68. The van der Waals surface area contributed by atoms with Crippen molar-refractivity contribution >= 4 is 46.0 Å². The molecule has 1 aromatic rings. The van der Waals surface area contributed by atoms with Gasteiger partial charge in [-0.25, -0.2) is 0 Å². The highest BCUT2D eigenvalue weighted by Crippen LogP contribution is 2.25. The van der Waals surface area contributed by atoms with Crippen molar-refractivity contribution < 1.29 is 9.53 Å². The highest BCUT2D eigenvalue weighted by molar-refractivity contribution is 9.10. The Labute approximate surface area is 156 Å². The Morgan fingerprint density at radius 3 is 3.09 bits per heavy atom. The van der Waals surface area contributed by atoms with Gasteiger partial charge in [0.15, 0.2) is 0 Å². The molecule has 1 amide bonds. The maximum atomic E-state index is 12.5. The average Bonchev–Trinajstić information content (AvgIpc) is 2.56. The van der Waals surface area contributed by atoms with E-state index in [1.807, 2.05) is 28.8 Å². The number of nitrogens with one attached hydrogen (secondary N) is 1. The number of amides is 1. The minimum absolute atomic E-state index is 0. The first-order valence-corrected chi connectivity index (χ1v) is 9.63. The summed E-state index contributed by atoms with van der Waals surface area (Å²) in [5, 5.41) is 3.43. The molecule has 2 aliphatic heterocycles. The maximum absolute atomic E-state index is 12.5. The predicted molar refractivity (Wildman–Crippen MR) is 100 cm³/mol.